The van der Waals surface area contributed by atoms with E-state index in [2.05, 4.69) is 21.5 Å². The molecule has 0 aliphatic rings. The van der Waals surface area contributed by atoms with Crippen molar-refractivity contribution in [3.63, 3.8) is 0 Å². The summed E-state index contributed by atoms with van der Waals surface area (Å²) < 4.78 is 58.2. The maximum atomic E-state index is 13.5. The van der Waals surface area contributed by atoms with Crippen LogP contribution in [-0.4, -0.2) is 26.6 Å². The van der Waals surface area contributed by atoms with Gasteiger partial charge in [0.05, 0.1) is 17.8 Å². The number of sulfonamides is 1. The van der Waals surface area contributed by atoms with Gasteiger partial charge < -0.3 is 4.74 Å². The van der Waals surface area contributed by atoms with E-state index >= 15 is 0 Å². The molecule has 0 fully saturated rings. The van der Waals surface area contributed by atoms with Gasteiger partial charge in [0.15, 0.2) is 0 Å². The Balaban J connectivity index is 1.49. The third-order valence-electron chi connectivity index (χ3n) is 3.75. The van der Waals surface area contributed by atoms with Crippen LogP contribution in [0.15, 0.2) is 54.7 Å². The quantitative estimate of drug-likeness (QED) is 0.644. The first-order chi connectivity index (χ1) is 13.4. The second-order valence-electron chi connectivity index (χ2n) is 5.82. The Labute approximate surface area is 161 Å². The molecule has 8 heteroatoms. The van der Waals surface area contributed by atoms with Gasteiger partial charge in [-0.05, 0) is 36.4 Å². The van der Waals surface area contributed by atoms with Crippen molar-refractivity contribution in [2.75, 3.05) is 13.2 Å². The number of nitrogens with one attached hydrogen (secondary N) is 1. The zero-order valence-electron chi connectivity index (χ0n) is 14.7. The third-order valence-corrected chi connectivity index (χ3v) is 5.02. The highest BCUT2D eigenvalue weighted by atomic mass is 32.2. The third kappa shape index (κ3) is 5.49. The summed E-state index contributed by atoms with van der Waals surface area (Å²) in [7, 11) is -3.85. The van der Waals surface area contributed by atoms with Gasteiger partial charge in [0.1, 0.15) is 24.0 Å². The van der Waals surface area contributed by atoms with Crippen molar-refractivity contribution in [2.45, 2.75) is 5.75 Å². The Hall–Kier alpha value is -3.02. The van der Waals surface area contributed by atoms with Crippen molar-refractivity contribution >= 4 is 20.9 Å². The number of pyridine rings is 1. The van der Waals surface area contributed by atoms with E-state index in [0.29, 0.717) is 5.75 Å². The number of halogens is 2. The van der Waals surface area contributed by atoms with Gasteiger partial charge in [-0.2, -0.15) is 0 Å². The van der Waals surface area contributed by atoms with Crippen molar-refractivity contribution in [1.29, 1.82) is 0 Å². The van der Waals surface area contributed by atoms with Gasteiger partial charge in [-0.3, -0.25) is 4.98 Å². The topological polar surface area (TPSA) is 68.3 Å². The van der Waals surface area contributed by atoms with Gasteiger partial charge in [0.2, 0.25) is 10.0 Å². The largest absolute Gasteiger partial charge is 0.481 e. The van der Waals surface area contributed by atoms with Gasteiger partial charge in [-0.25, -0.2) is 21.9 Å². The molecular weight excluding hydrogens is 386 g/mol. The molecular formula is C20H16F2N2O3S. The fourth-order valence-electron chi connectivity index (χ4n) is 2.42. The summed E-state index contributed by atoms with van der Waals surface area (Å²) in [5.74, 6) is 3.75. The van der Waals surface area contributed by atoms with Crippen LogP contribution in [-0.2, 0) is 15.8 Å². The first kappa shape index (κ1) is 19.7. The number of benzene rings is 2. The second kappa shape index (κ2) is 8.78. The molecule has 0 saturated carbocycles. The zero-order valence-corrected chi connectivity index (χ0v) is 15.5. The Morgan fingerprint density at radius 3 is 2.79 bits per heavy atom. The lowest BCUT2D eigenvalue weighted by atomic mass is 10.2. The van der Waals surface area contributed by atoms with Crippen LogP contribution >= 0.6 is 0 Å². The molecule has 0 spiro atoms. The maximum Gasteiger partial charge on any atom is 0.216 e. The predicted octanol–water partition coefficient (Wildman–Crippen LogP) is 3.01. The van der Waals surface area contributed by atoms with Crippen molar-refractivity contribution in [1.82, 2.24) is 9.71 Å². The van der Waals surface area contributed by atoms with Crippen LogP contribution in [0.1, 0.15) is 5.56 Å². The van der Waals surface area contributed by atoms with E-state index < -0.39 is 27.4 Å². The fourth-order valence-corrected chi connectivity index (χ4v) is 3.45. The highest BCUT2D eigenvalue weighted by Gasteiger charge is 2.14. The van der Waals surface area contributed by atoms with E-state index in [-0.39, 0.29) is 18.7 Å². The first-order valence-electron chi connectivity index (χ1n) is 8.27. The lowest BCUT2D eigenvalue weighted by molar-refractivity contribution is 0.370. The molecule has 0 aliphatic heterocycles. The molecule has 144 valence electrons. The van der Waals surface area contributed by atoms with Crippen LogP contribution in [0.4, 0.5) is 8.78 Å². The molecule has 0 aliphatic carbocycles. The van der Waals surface area contributed by atoms with Crippen molar-refractivity contribution in [3.05, 3.63) is 71.9 Å². The van der Waals surface area contributed by atoms with Crippen molar-refractivity contribution < 1.29 is 21.9 Å². The SMILES string of the molecule is O=S(=O)(Cc1cc(F)ccc1F)NCC#CCOc1ccc2cccnc2c1. The molecule has 3 rings (SSSR count). The number of ether oxygens (including phenoxy) is 1. The molecule has 28 heavy (non-hydrogen) atoms. The molecule has 0 saturated heterocycles. The molecule has 5 nitrogen and oxygen atoms in total. The summed E-state index contributed by atoms with van der Waals surface area (Å²) in [5, 5.41) is 0.991. The number of hydrogen-bond donors (Lipinski definition) is 1. The van der Waals surface area contributed by atoms with Crippen LogP contribution < -0.4 is 9.46 Å². The molecule has 1 heterocycles. The van der Waals surface area contributed by atoms with Gasteiger partial charge >= 0.3 is 0 Å². The van der Waals surface area contributed by atoms with Crippen LogP contribution in [0, 0.1) is 23.5 Å². The van der Waals surface area contributed by atoms with E-state index in [4.69, 9.17) is 4.74 Å². The molecule has 1 aromatic heterocycles. The molecule has 2 aromatic carbocycles. The number of aromatic nitrogens is 1. The average molecular weight is 402 g/mol. The summed E-state index contributed by atoms with van der Waals surface area (Å²) in [5.41, 5.74) is 0.555. The Kier molecular flexibility index (Phi) is 6.19. The van der Waals surface area contributed by atoms with E-state index in [1.165, 1.54) is 0 Å². The van der Waals surface area contributed by atoms with Crippen molar-refractivity contribution in [3.8, 4) is 17.6 Å². The summed E-state index contributed by atoms with van der Waals surface area (Å²) in [6.45, 7) is -0.0967. The predicted molar refractivity (Wildman–Crippen MR) is 102 cm³/mol. The summed E-state index contributed by atoms with van der Waals surface area (Å²) in [4.78, 5) is 4.23. The van der Waals surface area contributed by atoms with Gasteiger partial charge in [0.25, 0.3) is 0 Å². The average Bonchev–Trinajstić information content (AvgIpc) is 2.67. The molecule has 0 atom stereocenters. The minimum atomic E-state index is -3.85. The van der Waals surface area contributed by atoms with Crippen LogP contribution in [0.25, 0.3) is 10.9 Å². The monoisotopic (exact) mass is 402 g/mol. The minimum absolute atomic E-state index is 0.0680. The standard InChI is InChI=1S/C20H16F2N2O3S/c21-17-6-8-19(22)16(12-17)14-28(25,26)24-10-1-2-11-27-18-7-5-15-4-3-9-23-20(15)13-18/h3-9,12-13,24H,10-11,14H2. The summed E-state index contributed by atoms with van der Waals surface area (Å²) >= 11 is 0. The van der Waals surface area contributed by atoms with E-state index in [0.717, 1.165) is 29.1 Å². The van der Waals surface area contributed by atoms with Crippen LogP contribution in [0.3, 0.4) is 0 Å². The van der Waals surface area contributed by atoms with Crippen LogP contribution in [0.5, 0.6) is 5.75 Å². The number of nitrogens with zero attached hydrogens (tertiary/aromatic N) is 1. The molecule has 0 amide bonds. The van der Waals surface area contributed by atoms with Crippen molar-refractivity contribution in [2.24, 2.45) is 0 Å². The van der Waals surface area contributed by atoms with E-state index in [1.807, 2.05) is 18.2 Å². The molecule has 0 radical (unpaired) electrons. The number of hydrogen-bond acceptors (Lipinski definition) is 4. The number of rotatable bonds is 6. The molecule has 0 bridgehead atoms. The van der Waals surface area contributed by atoms with E-state index in [9.17, 15) is 17.2 Å². The lowest BCUT2D eigenvalue weighted by Gasteiger charge is -2.05. The highest BCUT2D eigenvalue weighted by molar-refractivity contribution is 7.88. The molecule has 1 N–H and O–H groups in total. The molecule has 0 unspecified atom stereocenters. The smallest absolute Gasteiger partial charge is 0.216 e. The lowest BCUT2D eigenvalue weighted by Crippen LogP contribution is -2.26. The second-order valence-corrected chi connectivity index (χ2v) is 7.62. The first-order valence-corrected chi connectivity index (χ1v) is 9.93. The van der Waals surface area contributed by atoms with Gasteiger partial charge in [-0.15, -0.1) is 0 Å². The number of fused-ring (bicyclic) bond motifs is 1. The normalized spacial score (nSPS) is 11.1. The van der Waals surface area contributed by atoms with Gasteiger partial charge in [-0.1, -0.05) is 17.9 Å². The Morgan fingerprint density at radius 2 is 1.93 bits per heavy atom. The highest BCUT2D eigenvalue weighted by Crippen LogP contribution is 2.18. The zero-order chi connectivity index (χ0) is 20.0. The summed E-state index contributed by atoms with van der Waals surface area (Å²) in [6.07, 6.45) is 1.69. The Morgan fingerprint density at radius 1 is 1.07 bits per heavy atom. The van der Waals surface area contributed by atoms with Crippen LogP contribution in [0.2, 0.25) is 0 Å². The fraction of sp³-hybridized carbons (Fsp3) is 0.150. The van der Waals surface area contributed by atoms with E-state index in [1.54, 1.807) is 18.3 Å². The minimum Gasteiger partial charge on any atom is -0.481 e. The van der Waals surface area contributed by atoms with Gasteiger partial charge in [0, 0.05) is 23.2 Å². The maximum absolute atomic E-state index is 13.5. The Bertz CT molecular complexity index is 1150. The summed E-state index contributed by atoms with van der Waals surface area (Å²) in [6, 6.07) is 11.9. The molecule has 3 aromatic rings.